The summed E-state index contributed by atoms with van der Waals surface area (Å²) < 4.78 is 5.37. The summed E-state index contributed by atoms with van der Waals surface area (Å²) in [5.74, 6) is 0.863. The van der Waals surface area contributed by atoms with E-state index in [2.05, 4.69) is 19.2 Å². The molecule has 0 unspecified atom stereocenters. The van der Waals surface area contributed by atoms with E-state index in [0.717, 1.165) is 0 Å². The van der Waals surface area contributed by atoms with E-state index in [0.29, 0.717) is 18.3 Å². The van der Waals surface area contributed by atoms with E-state index in [1.54, 1.807) is 24.3 Å². The van der Waals surface area contributed by atoms with Crippen molar-refractivity contribution in [2.24, 2.45) is 0 Å². The van der Waals surface area contributed by atoms with Crippen molar-refractivity contribution < 1.29 is 20.3 Å². The lowest BCUT2D eigenvalue weighted by Crippen LogP contribution is -2.90. The van der Waals surface area contributed by atoms with E-state index in [4.69, 9.17) is 9.84 Å². The summed E-state index contributed by atoms with van der Waals surface area (Å²) in [6.07, 6.45) is -0.476. The van der Waals surface area contributed by atoms with Gasteiger partial charge in [-0.25, -0.2) is 0 Å². The van der Waals surface area contributed by atoms with Gasteiger partial charge in [0.15, 0.2) is 0 Å². The minimum absolute atomic E-state index is 0.209. The second-order valence-corrected chi connectivity index (χ2v) is 4.17. The summed E-state index contributed by atoms with van der Waals surface area (Å²) in [4.78, 5) is 0. The molecule has 0 saturated carbocycles. The molecule has 0 radical (unpaired) electrons. The van der Waals surface area contributed by atoms with Gasteiger partial charge in [-0.2, -0.15) is 0 Å². The van der Waals surface area contributed by atoms with Gasteiger partial charge in [0.05, 0.1) is 6.04 Å². The van der Waals surface area contributed by atoms with Gasteiger partial charge in [0.25, 0.3) is 0 Å². The van der Waals surface area contributed by atoms with Crippen LogP contribution in [-0.2, 0) is 0 Å². The zero-order chi connectivity index (χ0) is 12.0. The Morgan fingerprint density at radius 3 is 2.44 bits per heavy atom. The lowest BCUT2D eigenvalue weighted by atomic mass is 10.3. The standard InChI is InChI=1S/C12H19NO3/c1-9(2)13-7-11(15)8-16-12-5-3-10(14)4-6-12/h3-6,9,11,13-15H,7-8H2,1-2H3/p+1/t11-/m0/s1. The van der Waals surface area contributed by atoms with E-state index in [1.165, 1.54) is 0 Å². The summed E-state index contributed by atoms with van der Waals surface area (Å²) in [6, 6.07) is 6.94. The molecule has 4 heteroatoms. The predicted octanol–water partition coefficient (Wildman–Crippen LogP) is 0.104. The van der Waals surface area contributed by atoms with Gasteiger partial charge >= 0.3 is 0 Å². The van der Waals surface area contributed by atoms with E-state index in [9.17, 15) is 5.11 Å². The van der Waals surface area contributed by atoms with E-state index >= 15 is 0 Å². The van der Waals surface area contributed by atoms with Crippen molar-refractivity contribution in [1.82, 2.24) is 0 Å². The molecule has 90 valence electrons. The molecule has 1 atom stereocenters. The molecule has 0 spiro atoms. The molecule has 0 aliphatic carbocycles. The highest BCUT2D eigenvalue weighted by molar-refractivity contribution is 5.30. The largest absolute Gasteiger partial charge is 0.508 e. The Balaban J connectivity index is 2.26. The molecule has 0 heterocycles. The first-order chi connectivity index (χ1) is 7.58. The van der Waals surface area contributed by atoms with Crippen molar-refractivity contribution in [3.05, 3.63) is 24.3 Å². The number of aromatic hydroxyl groups is 1. The minimum atomic E-state index is -0.476. The summed E-state index contributed by atoms with van der Waals surface area (Å²) in [7, 11) is 0. The van der Waals surface area contributed by atoms with Gasteiger partial charge in [-0.1, -0.05) is 0 Å². The van der Waals surface area contributed by atoms with Crippen LogP contribution < -0.4 is 10.1 Å². The van der Waals surface area contributed by atoms with Gasteiger partial charge in [-0.15, -0.1) is 0 Å². The van der Waals surface area contributed by atoms with E-state index in [-0.39, 0.29) is 12.4 Å². The van der Waals surface area contributed by atoms with Crippen LogP contribution in [0.5, 0.6) is 11.5 Å². The van der Waals surface area contributed by atoms with Crippen molar-refractivity contribution in [3.63, 3.8) is 0 Å². The molecule has 4 nitrogen and oxygen atoms in total. The Kier molecular flexibility index (Phi) is 5.08. The third kappa shape index (κ3) is 5.00. The fourth-order valence-corrected chi connectivity index (χ4v) is 1.23. The highest BCUT2D eigenvalue weighted by Gasteiger charge is 2.08. The Morgan fingerprint density at radius 1 is 1.25 bits per heavy atom. The Labute approximate surface area is 95.9 Å². The lowest BCUT2D eigenvalue weighted by molar-refractivity contribution is -0.688. The fraction of sp³-hybridized carbons (Fsp3) is 0.500. The van der Waals surface area contributed by atoms with Gasteiger partial charge in [-0.05, 0) is 38.1 Å². The highest BCUT2D eigenvalue weighted by atomic mass is 16.5. The van der Waals surface area contributed by atoms with Crippen molar-refractivity contribution in [1.29, 1.82) is 0 Å². The maximum absolute atomic E-state index is 9.61. The monoisotopic (exact) mass is 226 g/mol. The van der Waals surface area contributed by atoms with Crippen molar-refractivity contribution in [2.75, 3.05) is 13.2 Å². The summed E-state index contributed by atoms with van der Waals surface area (Å²) >= 11 is 0. The zero-order valence-electron chi connectivity index (χ0n) is 9.76. The second-order valence-electron chi connectivity index (χ2n) is 4.17. The Bertz CT molecular complexity index is 298. The first-order valence-corrected chi connectivity index (χ1v) is 5.51. The van der Waals surface area contributed by atoms with Crippen LogP contribution in [-0.4, -0.2) is 35.5 Å². The number of hydrogen-bond donors (Lipinski definition) is 3. The fourth-order valence-electron chi connectivity index (χ4n) is 1.23. The lowest BCUT2D eigenvalue weighted by Gasteiger charge is -2.12. The first-order valence-electron chi connectivity index (χ1n) is 5.51. The Morgan fingerprint density at radius 2 is 1.88 bits per heavy atom. The van der Waals surface area contributed by atoms with Crippen LogP contribution in [0, 0.1) is 0 Å². The number of phenols is 1. The number of aliphatic hydroxyl groups excluding tert-OH is 1. The molecule has 0 aromatic heterocycles. The smallest absolute Gasteiger partial charge is 0.137 e. The molecule has 16 heavy (non-hydrogen) atoms. The topological polar surface area (TPSA) is 66.3 Å². The third-order valence-electron chi connectivity index (χ3n) is 2.16. The van der Waals surface area contributed by atoms with Crippen LogP contribution in [0.15, 0.2) is 24.3 Å². The quantitative estimate of drug-likeness (QED) is 0.644. The molecule has 1 aromatic carbocycles. The maximum Gasteiger partial charge on any atom is 0.137 e. The number of ether oxygens (including phenoxy) is 1. The molecule has 1 rings (SSSR count). The number of phenolic OH excluding ortho intramolecular Hbond substituents is 1. The van der Waals surface area contributed by atoms with Crippen LogP contribution >= 0.6 is 0 Å². The third-order valence-corrected chi connectivity index (χ3v) is 2.16. The molecule has 0 bridgehead atoms. The molecule has 0 amide bonds. The van der Waals surface area contributed by atoms with Crippen LogP contribution in [0.4, 0.5) is 0 Å². The molecule has 4 N–H and O–H groups in total. The number of aliphatic hydroxyl groups is 1. The minimum Gasteiger partial charge on any atom is -0.508 e. The molecule has 0 fully saturated rings. The van der Waals surface area contributed by atoms with E-state index in [1.807, 2.05) is 0 Å². The number of nitrogens with two attached hydrogens (primary N) is 1. The van der Waals surface area contributed by atoms with Crippen LogP contribution in [0.2, 0.25) is 0 Å². The number of hydrogen-bond acceptors (Lipinski definition) is 3. The van der Waals surface area contributed by atoms with Gasteiger partial charge < -0.3 is 20.3 Å². The first kappa shape index (κ1) is 12.8. The number of rotatable bonds is 6. The van der Waals surface area contributed by atoms with Crippen LogP contribution in [0.1, 0.15) is 13.8 Å². The summed E-state index contributed by atoms with van der Waals surface area (Å²) in [5.41, 5.74) is 0. The van der Waals surface area contributed by atoms with Crippen molar-refractivity contribution >= 4 is 0 Å². The van der Waals surface area contributed by atoms with E-state index < -0.39 is 6.10 Å². The molecule has 1 aromatic rings. The normalized spacial score (nSPS) is 12.8. The van der Waals surface area contributed by atoms with Gasteiger partial charge in [0, 0.05) is 0 Å². The number of benzene rings is 1. The van der Waals surface area contributed by atoms with Crippen molar-refractivity contribution in [2.45, 2.75) is 26.0 Å². The molecule has 0 aliphatic rings. The predicted molar refractivity (Wildman–Crippen MR) is 61.5 cm³/mol. The highest BCUT2D eigenvalue weighted by Crippen LogP contribution is 2.15. The van der Waals surface area contributed by atoms with Crippen LogP contribution in [0.25, 0.3) is 0 Å². The average Bonchev–Trinajstić information content (AvgIpc) is 2.25. The van der Waals surface area contributed by atoms with Crippen molar-refractivity contribution in [3.8, 4) is 11.5 Å². The summed E-state index contributed by atoms with van der Waals surface area (Å²) in [6.45, 7) is 5.06. The molecular weight excluding hydrogens is 206 g/mol. The Hall–Kier alpha value is -1.26. The molecular formula is C12H20NO3+. The van der Waals surface area contributed by atoms with Gasteiger partial charge in [-0.3, -0.25) is 0 Å². The summed E-state index contributed by atoms with van der Waals surface area (Å²) in [5, 5.41) is 20.7. The van der Waals surface area contributed by atoms with Gasteiger partial charge in [0.1, 0.15) is 30.8 Å². The second kappa shape index (κ2) is 6.35. The number of quaternary nitrogens is 1. The van der Waals surface area contributed by atoms with Crippen LogP contribution in [0.3, 0.4) is 0 Å². The van der Waals surface area contributed by atoms with Gasteiger partial charge in [0.2, 0.25) is 0 Å². The zero-order valence-corrected chi connectivity index (χ0v) is 9.76. The maximum atomic E-state index is 9.61. The molecule has 0 aliphatic heterocycles. The SMILES string of the molecule is CC(C)[NH2+]C[C@H](O)COc1ccc(O)cc1. The average molecular weight is 226 g/mol. The molecule has 0 saturated heterocycles.